The smallest absolute Gasteiger partial charge is 0.286 e. The van der Waals surface area contributed by atoms with Gasteiger partial charge in [0.1, 0.15) is 11.1 Å². The van der Waals surface area contributed by atoms with Crippen molar-refractivity contribution < 1.29 is 23.3 Å². The van der Waals surface area contributed by atoms with Crippen LogP contribution in [0.1, 0.15) is 87.2 Å². The van der Waals surface area contributed by atoms with Crippen molar-refractivity contribution in [2.75, 3.05) is 25.2 Å². The van der Waals surface area contributed by atoms with E-state index < -0.39 is 21.2 Å². The highest BCUT2D eigenvalue weighted by atomic mass is 35.5. The van der Waals surface area contributed by atoms with E-state index in [9.17, 15) is 13.8 Å². The largest absolute Gasteiger partial charge is 0.491 e. The number of hydrogen-bond donors (Lipinski definition) is 1. The minimum atomic E-state index is -3.38. The van der Waals surface area contributed by atoms with Gasteiger partial charge in [0.05, 0.1) is 18.4 Å². The first kappa shape index (κ1) is 34.4. The molecule has 0 bridgehead atoms. The summed E-state index contributed by atoms with van der Waals surface area (Å²) in [5, 5.41) is 0.0647. The summed E-state index contributed by atoms with van der Waals surface area (Å²) in [5.74, 6) is 0.0835. The number of benzene rings is 2. The van der Waals surface area contributed by atoms with Crippen molar-refractivity contribution in [3.63, 3.8) is 0 Å². The highest BCUT2D eigenvalue weighted by Crippen LogP contribution is 2.35. The number of hydrogen-bond acceptors (Lipinski definition) is 7. The van der Waals surface area contributed by atoms with Gasteiger partial charge in [-0.25, -0.2) is 4.21 Å². The molecule has 0 radical (unpaired) electrons. The third-order valence-corrected chi connectivity index (χ3v) is 12.1. The van der Waals surface area contributed by atoms with Crippen LogP contribution in [0.5, 0.6) is 5.75 Å². The molecule has 0 aromatic heterocycles. The predicted molar refractivity (Wildman–Crippen MR) is 183 cm³/mol. The van der Waals surface area contributed by atoms with Gasteiger partial charge in [0.2, 0.25) is 5.91 Å². The third kappa shape index (κ3) is 7.46. The molecule has 46 heavy (non-hydrogen) atoms. The van der Waals surface area contributed by atoms with Gasteiger partial charge in [0.15, 0.2) is 9.92 Å². The molecule has 9 nitrogen and oxygen atoms in total. The zero-order valence-electron chi connectivity index (χ0n) is 27.4. The number of carbonyl (C=O) groups excluding carboxylic acids is 2. The van der Waals surface area contributed by atoms with Gasteiger partial charge in [0, 0.05) is 37.2 Å². The van der Waals surface area contributed by atoms with Crippen molar-refractivity contribution in [2.24, 2.45) is 16.2 Å². The van der Waals surface area contributed by atoms with Gasteiger partial charge < -0.3 is 14.4 Å². The van der Waals surface area contributed by atoms with Gasteiger partial charge in [-0.1, -0.05) is 50.1 Å². The molecule has 1 aliphatic carbocycles. The van der Waals surface area contributed by atoms with Crippen molar-refractivity contribution in [3.8, 4) is 5.75 Å². The summed E-state index contributed by atoms with van der Waals surface area (Å²) in [4.78, 5) is 28.7. The number of anilines is 1. The van der Waals surface area contributed by atoms with Crippen LogP contribution in [-0.4, -0.2) is 52.2 Å². The van der Waals surface area contributed by atoms with Crippen LogP contribution in [0.15, 0.2) is 52.9 Å². The first-order chi connectivity index (χ1) is 22.2. The molecule has 4 atom stereocenters. The number of allylic oxidation sites excluding steroid dienone is 1. The van der Waals surface area contributed by atoms with E-state index in [0.717, 1.165) is 34.4 Å². The number of rotatable bonds is 9. The van der Waals surface area contributed by atoms with Crippen LogP contribution >= 0.6 is 11.6 Å². The van der Waals surface area contributed by atoms with Crippen molar-refractivity contribution in [2.45, 2.75) is 90.2 Å². The van der Waals surface area contributed by atoms with Gasteiger partial charge in [-0.15, -0.1) is 4.36 Å². The number of aryl methyl sites for hydroxylation is 1. The first-order valence-corrected chi connectivity index (χ1v) is 18.5. The van der Waals surface area contributed by atoms with Crippen LogP contribution in [0.2, 0.25) is 5.02 Å². The number of nitrogens with zero attached hydrogens (tertiary/aromatic N) is 3. The Morgan fingerprint density at radius 2 is 1.96 bits per heavy atom. The van der Waals surface area contributed by atoms with Crippen LogP contribution < -0.4 is 15.1 Å². The molecule has 1 saturated carbocycles. The Morgan fingerprint density at radius 3 is 2.65 bits per heavy atom. The molecule has 4 unspecified atom stereocenters. The molecule has 1 saturated heterocycles. The Bertz CT molecular complexity index is 1570. The average Bonchev–Trinajstić information content (AvgIpc) is 3.05. The summed E-state index contributed by atoms with van der Waals surface area (Å²) in [7, 11) is -1.65. The van der Waals surface area contributed by atoms with E-state index in [4.69, 9.17) is 21.1 Å². The maximum Gasteiger partial charge on any atom is 0.286 e. The van der Waals surface area contributed by atoms with Crippen molar-refractivity contribution >= 4 is 39.0 Å². The summed E-state index contributed by atoms with van der Waals surface area (Å²) >= 11 is 6.34. The maximum atomic E-state index is 14.4. The number of carbonyl (C=O) groups is 2. The Labute approximate surface area is 278 Å². The van der Waals surface area contributed by atoms with Crippen LogP contribution in [0.4, 0.5) is 5.69 Å². The number of ether oxygens (including phenoxy) is 2. The molecule has 3 aliphatic rings. The molecule has 11 heteroatoms. The lowest BCUT2D eigenvalue weighted by Crippen LogP contribution is -2.69. The fourth-order valence-electron chi connectivity index (χ4n) is 6.31. The van der Waals surface area contributed by atoms with E-state index in [-0.39, 0.29) is 24.3 Å². The van der Waals surface area contributed by atoms with Gasteiger partial charge >= 0.3 is 0 Å². The maximum absolute atomic E-state index is 14.4. The van der Waals surface area contributed by atoms with Crippen molar-refractivity contribution in [1.82, 2.24) is 9.84 Å². The Kier molecular flexibility index (Phi) is 11.5. The fraction of sp³-hybridized carbons (Fsp3) is 0.543. The van der Waals surface area contributed by atoms with E-state index in [1.54, 1.807) is 32.2 Å². The standard InChI is InChI=1S/C35H47ClN4O5S/c1-5-33(41)40-37-35(24(3)11-9-15-31(44-4)25-13-10-14-25)46(40,43)38-34(42)27-17-19-32-30(22-27)39(6-2)23-28-16-18-29(36)21-26(28)12-7-8-20-45-32/h9,15-19,21-22,24-25,31,35,37H,5-8,10-14,20,23H2,1-4H3/b15-9+. The monoisotopic (exact) mass is 670 g/mol. The molecule has 2 amide bonds. The Balaban J connectivity index is 1.42. The molecule has 2 aromatic carbocycles. The summed E-state index contributed by atoms with van der Waals surface area (Å²) in [6.45, 7) is 7.55. The molecular formula is C35H47ClN4O5S. The van der Waals surface area contributed by atoms with E-state index in [0.29, 0.717) is 43.3 Å². The van der Waals surface area contributed by atoms with E-state index in [1.807, 2.05) is 19.1 Å². The van der Waals surface area contributed by atoms with Crippen molar-refractivity contribution in [3.05, 3.63) is 70.3 Å². The van der Waals surface area contributed by atoms with Gasteiger partial charge in [-0.05, 0) is 98.7 Å². The van der Waals surface area contributed by atoms with Crippen LogP contribution in [-0.2, 0) is 32.4 Å². The van der Waals surface area contributed by atoms with Crippen LogP contribution in [0, 0.1) is 11.8 Å². The molecule has 2 aliphatic heterocycles. The SMILES string of the molecule is CCC(=O)N1NC(C(C)C/C=C/C(OC)C2CCC2)S1(=O)=NC(=O)c1ccc2c(c1)N(CC)Cc1ccc(Cl)cc1CCCCO2. The summed E-state index contributed by atoms with van der Waals surface area (Å²) in [5.41, 5.74) is 6.49. The second-order valence-electron chi connectivity index (χ2n) is 12.5. The van der Waals surface area contributed by atoms with Gasteiger partial charge in [-0.2, -0.15) is 9.84 Å². The number of fused-ring (bicyclic) bond motifs is 2. The second-order valence-corrected chi connectivity index (χ2v) is 15.0. The molecule has 5 rings (SSSR count). The number of hydrazine groups is 1. The molecular weight excluding hydrogens is 624 g/mol. The summed E-state index contributed by atoms with van der Waals surface area (Å²) in [6, 6.07) is 11.2. The Morgan fingerprint density at radius 1 is 1.15 bits per heavy atom. The van der Waals surface area contributed by atoms with Crippen molar-refractivity contribution in [1.29, 1.82) is 0 Å². The van der Waals surface area contributed by atoms with E-state index >= 15 is 0 Å². The number of halogens is 1. The quantitative estimate of drug-likeness (QED) is 0.285. The number of amides is 2. The molecule has 1 N–H and O–H groups in total. The minimum absolute atomic E-state index is 0.0672. The zero-order valence-corrected chi connectivity index (χ0v) is 28.9. The second kappa shape index (κ2) is 15.3. The molecule has 2 heterocycles. The van der Waals surface area contributed by atoms with Gasteiger partial charge in [0.25, 0.3) is 5.91 Å². The first-order valence-electron chi connectivity index (χ1n) is 16.6. The van der Waals surface area contributed by atoms with Gasteiger partial charge in [-0.3, -0.25) is 9.59 Å². The molecule has 2 fully saturated rings. The lowest BCUT2D eigenvalue weighted by Gasteiger charge is -2.45. The average molecular weight is 671 g/mol. The van der Waals surface area contributed by atoms with Crippen LogP contribution in [0.3, 0.4) is 0 Å². The Hall–Kier alpha value is -2.92. The lowest BCUT2D eigenvalue weighted by atomic mass is 9.81. The van der Waals surface area contributed by atoms with E-state index in [1.165, 1.54) is 30.4 Å². The summed E-state index contributed by atoms with van der Waals surface area (Å²) in [6.07, 6.45) is 11.3. The minimum Gasteiger partial charge on any atom is -0.491 e. The lowest BCUT2D eigenvalue weighted by molar-refractivity contribution is -0.129. The fourth-order valence-corrected chi connectivity index (χ4v) is 8.75. The zero-order chi connectivity index (χ0) is 32.8. The normalized spacial score (nSPS) is 23.2. The number of methoxy groups -OCH3 is 1. The van der Waals surface area contributed by atoms with Crippen LogP contribution in [0.25, 0.3) is 0 Å². The highest BCUT2D eigenvalue weighted by Gasteiger charge is 2.47. The summed E-state index contributed by atoms with van der Waals surface area (Å²) < 4.78 is 31.6. The molecule has 250 valence electrons. The predicted octanol–water partition coefficient (Wildman–Crippen LogP) is 7.09. The third-order valence-electron chi connectivity index (χ3n) is 9.37. The number of nitrogens with one attached hydrogen (secondary N) is 1. The topological polar surface area (TPSA) is 101 Å². The highest BCUT2D eigenvalue weighted by molar-refractivity contribution is 7.93. The molecule has 2 aromatic rings. The van der Waals surface area contributed by atoms with E-state index in [2.05, 4.69) is 39.8 Å². The molecule has 0 spiro atoms.